The van der Waals surface area contributed by atoms with Gasteiger partial charge in [-0.25, -0.2) is 0 Å². The summed E-state index contributed by atoms with van der Waals surface area (Å²) in [5.41, 5.74) is 0. The monoisotopic (exact) mass is 1020 g/mol. The number of carbonyl (C=O) groups is 1. The lowest BCUT2D eigenvalue weighted by Crippen LogP contribution is -2.45. The third kappa shape index (κ3) is 61.1. The van der Waals surface area contributed by atoms with E-state index >= 15 is 0 Å². The van der Waals surface area contributed by atoms with Crippen LogP contribution in [0.1, 0.15) is 367 Å². The third-order valence-electron chi connectivity index (χ3n) is 15.5. The molecular weight excluding hydrogens is 891 g/mol. The van der Waals surface area contributed by atoms with E-state index in [1.807, 2.05) is 6.08 Å². The molecule has 0 aromatic rings. The quantitative estimate of drug-likeness (QED) is 0.0420. The van der Waals surface area contributed by atoms with Crippen molar-refractivity contribution in [3.05, 3.63) is 48.6 Å². The molecule has 0 aliphatic heterocycles. The van der Waals surface area contributed by atoms with E-state index < -0.39 is 12.1 Å². The molecule has 0 saturated heterocycles. The molecule has 0 spiro atoms. The topological polar surface area (TPSA) is 69.6 Å². The van der Waals surface area contributed by atoms with E-state index in [2.05, 4.69) is 55.6 Å². The van der Waals surface area contributed by atoms with Gasteiger partial charge in [-0.2, -0.15) is 0 Å². The van der Waals surface area contributed by atoms with Crippen molar-refractivity contribution < 1.29 is 15.0 Å². The lowest BCUT2D eigenvalue weighted by Gasteiger charge is -2.19. The van der Waals surface area contributed by atoms with E-state index in [0.717, 1.165) is 38.5 Å². The minimum atomic E-state index is -0.871. The molecule has 0 aromatic carbocycles. The number of unbranched alkanes of at least 4 members (excludes halogenated alkanes) is 49. The maximum Gasteiger partial charge on any atom is 0.220 e. The first kappa shape index (κ1) is 71.3. The summed E-state index contributed by atoms with van der Waals surface area (Å²) in [6.45, 7) is 4.33. The Kier molecular flexibility index (Phi) is 63.2. The zero-order chi connectivity index (χ0) is 52.7. The molecule has 4 nitrogen and oxygen atoms in total. The van der Waals surface area contributed by atoms with E-state index in [1.54, 1.807) is 6.08 Å². The lowest BCUT2D eigenvalue weighted by molar-refractivity contribution is -0.123. The molecular formula is C69H131NO3. The van der Waals surface area contributed by atoms with E-state index in [9.17, 15) is 15.0 Å². The van der Waals surface area contributed by atoms with Crippen LogP contribution in [0.2, 0.25) is 0 Å². The molecule has 0 rings (SSSR count). The first-order valence-corrected chi connectivity index (χ1v) is 33.4. The van der Waals surface area contributed by atoms with Crippen molar-refractivity contribution in [1.82, 2.24) is 5.32 Å². The number of rotatable bonds is 62. The van der Waals surface area contributed by atoms with Gasteiger partial charge in [0, 0.05) is 6.42 Å². The van der Waals surface area contributed by atoms with Crippen molar-refractivity contribution in [2.75, 3.05) is 6.61 Å². The minimum absolute atomic E-state index is 0.0713. The Morgan fingerprint density at radius 1 is 0.315 bits per heavy atom. The average Bonchev–Trinajstić information content (AvgIpc) is 3.40. The molecule has 0 aromatic heterocycles. The standard InChI is InChI=1S/C69H131NO3/c1-3-5-7-9-11-13-15-17-19-21-23-25-27-29-31-33-34-35-36-37-39-41-43-45-47-49-51-53-55-57-59-61-63-65-69(73)70-67(66-71)68(72)64-62-60-58-56-54-52-50-48-46-44-42-40-38-32-30-28-26-24-22-20-18-16-14-12-10-8-6-4-2/h21,23,46,48,54,56,62,64,67-68,71-72H,3-20,22,24-45,47,49-53,55,57-61,63,65-66H2,1-2H3,(H,70,73)/b23-21-,48-46+,56-54+,64-62+. The number of nitrogens with one attached hydrogen (secondary N) is 1. The molecule has 430 valence electrons. The molecule has 2 atom stereocenters. The van der Waals surface area contributed by atoms with Crippen molar-refractivity contribution in [1.29, 1.82) is 0 Å². The zero-order valence-corrected chi connectivity index (χ0v) is 49.7. The number of hydrogen-bond donors (Lipinski definition) is 3. The zero-order valence-electron chi connectivity index (χ0n) is 49.7. The van der Waals surface area contributed by atoms with Gasteiger partial charge in [0.2, 0.25) is 5.91 Å². The van der Waals surface area contributed by atoms with Crippen LogP contribution in [0.5, 0.6) is 0 Å². The van der Waals surface area contributed by atoms with Gasteiger partial charge in [0.1, 0.15) is 0 Å². The molecule has 0 radical (unpaired) electrons. The summed E-state index contributed by atoms with van der Waals surface area (Å²) >= 11 is 0. The number of carbonyl (C=O) groups excluding carboxylic acids is 1. The van der Waals surface area contributed by atoms with Crippen LogP contribution in [0.15, 0.2) is 48.6 Å². The number of aliphatic hydroxyl groups is 2. The Balaban J connectivity index is 3.48. The fourth-order valence-corrected chi connectivity index (χ4v) is 10.4. The summed E-state index contributed by atoms with van der Waals surface area (Å²) in [5, 5.41) is 23.2. The second kappa shape index (κ2) is 64.6. The van der Waals surface area contributed by atoms with Crippen molar-refractivity contribution in [3.63, 3.8) is 0 Å². The van der Waals surface area contributed by atoms with Crippen LogP contribution in [0.25, 0.3) is 0 Å². The second-order valence-electron chi connectivity index (χ2n) is 22.9. The van der Waals surface area contributed by atoms with Gasteiger partial charge in [-0.1, -0.05) is 339 Å². The van der Waals surface area contributed by atoms with Gasteiger partial charge < -0.3 is 15.5 Å². The fourth-order valence-electron chi connectivity index (χ4n) is 10.4. The maximum atomic E-state index is 12.5. The Bertz CT molecular complexity index is 1160. The normalized spacial score (nSPS) is 13.0. The Labute approximate surface area is 458 Å². The largest absolute Gasteiger partial charge is 0.394 e. The molecule has 0 aliphatic carbocycles. The molecule has 73 heavy (non-hydrogen) atoms. The Hall–Kier alpha value is -1.65. The minimum Gasteiger partial charge on any atom is -0.394 e. The van der Waals surface area contributed by atoms with Crippen molar-refractivity contribution in [2.45, 2.75) is 379 Å². The highest BCUT2D eigenvalue weighted by molar-refractivity contribution is 5.76. The van der Waals surface area contributed by atoms with Gasteiger partial charge in [-0.3, -0.25) is 4.79 Å². The van der Waals surface area contributed by atoms with Crippen LogP contribution in [0, 0.1) is 0 Å². The highest BCUT2D eigenvalue weighted by Gasteiger charge is 2.18. The number of aliphatic hydroxyl groups excluding tert-OH is 2. The van der Waals surface area contributed by atoms with Crippen LogP contribution in [-0.4, -0.2) is 34.9 Å². The molecule has 0 saturated carbocycles. The Morgan fingerprint density at radius 2 is 0.534 bits per heavy atom. The highest BCUT2D eigenvalue weighted by atomic mass is 16.3. The summed E-state index contributed by atoms with van der Waals surface area (Å²) in [7, 11) is 0. The van der Waals surface area contributed by atoms with Gasteiger partial charge in [-0.15, -0.1) is 0 Å². The molecule has 0 aliphatic rings. The summed E-state index contributed by atoms with van der Waals surface area (Å²) in [6.07, 6.45) is 90.5. The summed E-state index contributed by atoms with van der Waals surface area (Å²) in [5.74, 6) is -0.0713. The molecule has 1 amide bonds. The van der Waals surface area contributed by atoms with Gasteiger partial charge in [0.05, 0.1) is 18.8 Å². The molecule has 0 heterocycles. The predicted octanol–water partition coefficient (Wildman–Crippen LogP) is 22.5. The van der Waals surface area contributed by atoms with E-state index in [-0.39, 0.29) is 12.5 Å². The molecule has 0 fully saturated rings. The van der Waals surface area contributed by atoms with E-state index in [4.69, 9.17) is 0 Å². The molecule has 3 N–H and O–H groups in total. The SMILES string of the molecule is CCCCCCCCCC/C=C\CCCCCCCCCCCCCCCCCCCCCCCC(=O)NC(CO)C(O)/C=C/CC/C=C/CC/C=C/CCCCCCCCCCCCCCCCCCCC. The number of hydrogen-bond acceptors (Lipinski definition) is 3. The summed E-state index contributed by atoms with van der Waals surface area (Å²) in [6, 6.07) is -0.646. The predicted molar refractivity (Wildman–Crippen MR) is 327 cm³/mol. The molecule has 0 bridgehead atoms. The second-order valence-corrected chi connectivity index (χ2v) is 22.9. The average molecular weight is 1020 g/mol. The Morgan fingerprint density at radius 3 is 0.795 bits per heavy atom. The van der Waals surface area contributed by atoms with E-state index in [0.29, 0.717) is 6.42 Å². The summed E-state index contributed by atoms with van der Waals surface area (Å²) in [4.78, 5) is 12.5. The number of allylic oxidation sites excluding steroid dienone is 7. The van der Waals surface area contributed by atoms with Crippen molar-refractivity contribution >= 4 is 5.91 Å². The summed E-state index contributed by atoms with van der Waals surface area (Å²) < 4.78 is 0. The first-order chi connectivity index (χ1) is 36.2. The van der Waals surface area contributed by atoms with Crippen LogP contribution >= 0.6 is 0 Å². The molecule has 2 unspecified atom stereocenters. The maximum absolute atomic E-state index is 12.5. The first-order valence-electron chi connectivity index (χ1n) is 33.4. The smallest absolute Gasteiger partial charge is 0.220 e. The molecule has 4 heteroatoms. The highest BCUT2D eigenvalue weighted by Crippen LogP contribution is 2.18. The van der Waals surface area contributed by atoms with Gasteiger partial charge in [0.15, 0.2) is 0 Å². The fraction of sp³-hybridized carbons (Fsp3) is 0.870. The van der Waals surface area contributed by atoms with Gasteiger partial charge in [-0.05, 0) is 70.6 Å². The van der Waals surface area contributed by atoms with Crippen molar-refractivity contribution in [2.24, 2.45) is 0 Å². The van der Waals surface area contributed by atoms with Crippen LogP contribution in [0.4, 0.5) is 0 Å². The van der Waals surface area contributed by atoms with Gasteiger partial charge >= 0.3 is 0 Å². The lowest BCUT2D eigenvalue weighted by atomic mass is 10.0. The van der Waals surface area contributed by atoms with Crippen LogP contribution in [-0.2, 0) is 4.79 Å². The third-order valence-corrected chi connectivity index (χ3v) is 15.5. The van der Waals surface area contributed by atoms with Crippen LogP contribution < -0.4 is 5.32 Å². The van der Waals surface area contributed by atoms with Crippen molar-refractivity contribution in [3.8, 4) is 0 Å². The van der Waals surface area contributed by atoms with Gasteiger partial charge in [0.25, 0.3) is 0 Å². The number of amides is 1. The van der Waals surface area contributed by atoms with Crippen LogP contribution in [0.3, 0.4) is 0 Å². The van der Waals surface area contributed by atoms with E-state index in [1.165, 1.54) is 308 Å².